The van der Waals surface area contributed by atoms with Gasteiger partial charge in [0.15, 0.2) is 22.8 Å². The number of imidazole rings is 1. The van der Waals surface area contributed by atoms with Gasteiger partial charge in [-0.05, 0) is 12.3 Å². The molecule has 0 spiro atoms. The molecule has 1 aliphatic rings. The number of hydrogen-bond donors (Lipinski definition) is 9. The van der Waals surface area contributed by atoms with Crippen molar-refractivity contribution in [3.05, 3.63) is 12.7 Å². The topological polar surface area (TPSA) is 364 Å². The summed E-state index contributed by atoms with van der Waals surface area (Å²) in [5.41, 5.74) is 4.30. The van der Waals surface area contributed by atoms with Crippen molar-refractivity contribution < 1.29 is 80.5 Å². The number of thioether (sulfide) groups is 1. The van der Waals surface area contributed by atoms with Crippen LogP contribution in [-0.4, -0.2) is 123 Å². The zero-order valence-corrected chi connectivity index (χ0v) is 47.7. The fourth-order valence-corrected chi connectivity index (χ4v) is 12.0. The Kier molecular flexibility index (Phi) is 30.8. The molecule has 0 aromatic carbocycles. The van der Waals surface area contributed by atoms with Crippen LogP contribution in [0.25, 0.3) is 11.2 Å². The number of aromatic nitrogens is 4. The second-order valence-electron chi connectivity index (χ2n) is 20.1. The largest absolute Gasteiger partial charge is 0.481 e. The van der Waals surface area contributed by atoms with Crippen LogP contribution < -0.4 is 16.4 Å². The number of aliphatic hydroxyl groups excluding tert-OH is 2. The van der Waals surface area contributed by atoms with Crippen molar-refractivity contribution in [2.45, 2.75) is 206 Å². The Morgan fingerprint density at radius 2 is 1.36 bits per heavy atom. The molecule has 0 bridgehead atoms. The molecule has 8 atom stereocenters. The van der Waals surface area contributed by atoms with E-state index in [9.17, 15) is 57.9 Å². The average molecular weight is 1150 g/mol. The highest BCUT2D eigenvalue weighted by molar-refractivity contribution is 8.13. The molecule has 432 valence electrons. The van der Waals surface area contributed by atoms with E-state index >= 15 is 0 Å². The third kappa shape index (κ3) is 26.8. The number of ether oxygens (including phenoxy) is 1. The molecule has 10 N–H and O–H groups in total. The number of rotatable bonds is 42. The zero-order valence-electron chi connectivity index (χ0n) is 44.2. The number of carbonyl (C=O) groups is 3. The molecule has 3 heterocycles. The van der Waals surface area contributed by atoms with E-state index in [1.807, 2.05) is 0 Å². The lowest BCUT2D eigenvalue weighted by Gasteiger charge is -2.30. The molecule has 75 heavy (non-hydrogen) atoms. The molecular weight excluding hydrogens is 1060 g/mol. The van der Waals surface area contributed by atoms with Crippen LogP contribution in [0, 0.1) is 11.3 Å². The summed E-state index contributed by atoms with van der Waals surface area (Å²) in [5.74, 6) is -0.139. The summed E-state index contributed by atoms with van der Waals surface area (Å²) >= 11 is 1.16. The first kappa shape index (κ1) is 66.8. The molecule has 2 aromatic heterocycles. The van der Waals surface area contributed by atoms with E-state index in [2.05, 4.69) is 48.3 Å². The van der Waals surface area contributed by atoms with Crippen molar-refractivity contribution in [2.24, 2.45) is 11.3 Å². The molecule has 1 aliphatic heterocycles. The van der Waals surface area contributed by atoms with Gasteiger partial charge in [-0.25, -0.2) is 28.6 Å². The minimum absolute atomic E-state index is 0.0346. The van der Waals surface area contributed by atoms with Gasteiger partial charge in [0.05, 0.1) is 19.5 Å². The third-order valence-electron chi connectivity index (χ3n) is 12.9. The predicted octanol–water partition coefficient (Wildman–Crippen LogP) is 7.90. The minimum atomic E-state index is -5.58. The van der Waals surface area contributed by atoms with Crippen molar-refractivity contribution in [2.75, 3.05) is 37.8 Å². The number of phosphoric ester groups is 3. The zero-order chi connectivity index (χ0) is 55.5. The predicted molar refractivity (Wildman–Crippen MR) is 284 cm³/mol. The highest BCUT2D eigenvalue weighted by Crippen LogP contribution is 2.61. The highest BCUT2D eigenvalue weighted by Gasteiger charge is 2.50. The van der Waals surface area contributed by atoms with E-state index in [1.54, 1.807) is 0 Å². The monoisotopic (exact) mass is 1150 g/mol. The fraction of sp³-hybridized carbons (Fsp3) is 0.830. The summed E-state index contributed by atoms with van der Waals surface area (Å²) in [6.07, 6.45) is 20.8. The van der Waals surface area contributed by atoms with Crippen LogP contribution in [0.5, 0.6) is 0 Å². The molecule has 24 nitrogen and oxygen atoms in total. The van der Waals surface area contributed by atoms with Crippen molar-refractivity contribution in [3.8, 4) is 0 Å². The average Bonchev–Trinajstić information content (AvgIpc) is 3.90. The van der Waals surface area contributed by atoms with Crippen molar-refractivity contribution in [1.82, 2.24) is 30.2 Å². The third-order valence-corrected chi connectivity index (χ3v) is 16.9. The van der Waals surface area contributed by atoms with E-state index < -0.39 is 84.6 Å². The standard InChI is InChI=1S/C47H86N7O17P3S/c1-5-6-7-8-18-21-24-35(2)25-22-19-16-14-12-10-9-11-13-15-17-20-23-26-38(56)75-30-29-49-37(55)27-28-50-45(59)42(58)47(3,4)32-68-74(65,66)71-73(63,64)67-31-36-41(70-72(60,61)62)40(57)46(69-36)54-34-53-39-43(48)51-33-52-44(39)54/h33-36,40-42,46,57-58H,5-32H2,1-4H3,(H,49,55)(H,50,59)(H,63,64)(H,65,66)(H2,48,51,52)(H2,60,61,62). The number of aliphatic hydroxyl groups is 2. The van der Waals surface area contributed by atoms with Gasteiger partial charge in [0.25, 0.3) is 0 Å². The molecule has 3 rings (SSSR count). The van der Waals surface area contributed by atoms with E-state index in [4.69, 9.17) is 19.5 Å². The van der Waals surface area contributed by atoms with E-state index in [0.717, 1.165) is 54.2 Å². The molecule has 0 aliphatic carbocycles. The summed E-state index contributed by atoms with van der Waals surface area (Å²) < 4.78 is 62.6. The summed E-state index contributed by atoms with van der Waals surface area (Å²) in [6.45, 7) is 5.28. The van der Waals surface area contributed by atoms with Gasteiger partial charge in [-0.1, -0.05) is 168 Å². The molecule has 2 aromatic rings. The van der Waals surface area contributed by atoms with Crippen LogP contribution in [0.4, 0.5) is 5.82 Å². The van der Waals surface area contributed by atoms with Crippen LogP contribution >= 0.6 is 35.2 Å². The Labute approximate surface area is 446 Å². The van der Waals surface area contributed by atoms with E-state index in [1.165, 1.54) is 129 Å². The Hall–Kier alpha value is -2.44. The number of fused-ring (bicyclic) bond motifs is 1. The lowest BCUT2D eigenvalue weighted by Crippen LogP contribution is -2.46. The van der Waals surface area contributed by atoms with E-state index in [-0.39, 0.29) is 41.6 Å². The molecule has 0 radical (unpaired) electrons. The molecule has 0 saturated carbocycles. The first-order chi connectivity index (χ1) is 35.4. The lowest BCUT2D eigenvalue weighted by molar-refractivity contribution is -0.137. The molecule has 1 saturated heterocycles. The van der Waals surface area contributed by atoms with Gasteiger partial charge in [-0.15, -0.1) is 0 Å². The van der Waals surface area contributed by atoms with Crippen molar-refractivity contribution in [1.29, 1.82) is 0 Å². The summed E-state index contributed by atoms with van der Waals surface area (Å²) in [7, 11) is -16.4. The normalized spacial score (nSPS) is 19.7. The highest BCUT2D eigenvalue weighted by atomic mass is 32.2. The minimum Gasteiger partial charge on any atom is -0.386 e. The maximum absolute atomic E-state index is 12.8. The van der Waals surface area contributed by atoms with Gasteiger partial charge >= 0.3 is 23.5 Å². The second kappa shape index (κ2) is 34.5. The number of unbranched alkanes of at least 4 members (excludes halogenated alkanes) is 17. The summed E-state index contributed by atoms with van der Waals surface area (Å²) in [4.78, 5) is 88.7. The number of amides is 2. The Bertz CT molecular complexity index is 2160. The molecular formula is C47H86N7O17P3S. The Morgan fingerprint density at radius 1 is 0.800 bits per heavy atom. The number of nitrogens with one attached hydrogen (secondary N) is 2. The van der Waals surface area contributed by atoms with Gasteiger partial charge < -0.3 is 50.9 Å². The van der Waals surface area contributed by atoms with Crippen molar-refractivity contribution >= 4 is 69.1 Å². The number of nitrogen functional groups attached to an aromatic ring is 1. The molecule has 1 fully saturated rings. The lowest BCUT2D eigenvalue weighted by atomic mass is 9.87. The van der Waals surface area contributed by atoms with Crippen molar-refractivity contribution in [3.63, 3.8) is 0 Å². The van der Waals surface area contributed by atoms with Gasteiger partial charge in [-0.3, -0.25) is 32.5 Å². The van der Waals surface area contributed by atoms with Gasteiger partial charge in [0, 0.05) is 37.1 Å². The number of nitrogens with zero attached hydrogens (tertiary/aromatic N) is 4. The van der Waals surface area contributed by atoms with Gasteiger partial charge in [0.2, 0.25) is 11.8 Å². The van der Waals surface area contributed by atoms with E-state index in [0.29, 0.717) is 12.2 Å². The number of nitrogens with two attached hydrogens (primary N) is 1. The van der Waals surface area contributed by atoms with Crippen LogP contribution in [0.2, 0.25) is 0 Å². The second-order valence-corrected chi connectivity index (χ2v) is 25.5. The first-order valence-electron chi connectivity index (χ1n) is 26.5. The van der Waals surface area contributed by atoms with Gasteiger partial charge in [-0.2, -0.15) is 4.31 Å². The van der Waals surface area contributed by atoms with Crippen LogP contribution in [-0.2, 0) is 50.7 Å². The smallest absolute Gasteiger partial charge is 0.386 e. The SMILES string of the molecule is CCCCCCCCC(C)CCCCCCCCCCCCCCCC(=O)SCCNC(=O)CCNC(=O)C(O)C(C)(C)COP(=O)(O)OP(=O)(O)OCC1OC(n2cnc3c(N)ncnc32)C(O)C1OP(=O)(O)O. The maximum Gasteiger partial charge on any atom is 0.481 e. The Morgan fingerprint density at radius 3 is 1.95 bits per heavy atom. The quantitative estimate of drug-likeness (QED) is 0.0225. The first-order valence-corrected chi connectivity index (χ1v) is 32.0. The molecule has 28 heteroatoms. The summed E-state index contributed by atoms with van der Waals surface area (Å²) in [6, 6.07) is 0. The number of anilines is 1. The van der Waals surface area contributed by atoms with Gasteiger partial charge in [0.1, 0.15) is 36.3 Å². The number of carbonyl (C=O) groups excluding carboxylic acids is 3. The van der Waals surface area contributed by atoms with Crippen LogP contribution in [0.15, 0.2) is 12.7 Å². The maximum atomic E-state index is 12.8. The Balaban J connectivity index is 1.21. The summed E-state index contributed by atoms with van der Waals surface area (Å²) in [5, 5.41) is 26.8. The number of phosphoric acid groups is 3. The number of hydrogen-bond acceptors (Lipinski definition) is 18. The molecule has 8 unspecified atom stereocenters. The van der Waals surface area contributed by atoms with Crippen LogP contribution in [0.1, 0.15) is 182 Å². The fourth-order valence-electron chi connectivity index (χ4n) is 8.49. The van der Waals surface area contributed by atoms with Crippen LogP contribution in [0.3, 0.4) is 0 Å². The molecule has 2 amide bonds.